The van der Waals surface area contributed by atoms with Crippen LogP contribution in [0.25, 0.3) is 11.3 Å². The number of aromatic nitrogens is 2. The molecular formula is C16H13N3O2. The Morgan fingerprint density at radius 1 is 1.00 bits per heavy atom. The van der Waals surface area contributed by atoms with Crippen molar-refractivity contribution in [1.82, 2.24) is 15.5 Å². The van der Waals surface area contributed by atoms with E-state index in [1.807, 2.05) is 30.3 Å². The molecule has 0 aliphatic rings. The first-order chi connectivity index (χ1) is 10.3. The molecule has 0 unspecified atom stereocenters. The summed E-state index contributed by atoms with van der Waals surface area (Å²) in [7, 11) is 0. The summed E-state index contributed by atoms with van der Waals surface area (Å²) in [5, 5.41) is 10.8. The minimum atomic E-state index is -0.279. The van der Waals surface area contributed by atoms with Crippen molar-refractivity contribution in [3.8, 4) is 11.3 Å². The molecule has 2 heterocycles. The molecule has 2 aromatic heterocycles. The van der Waals surface area contributed by atoms with Crippen molar-refractivity contribution in [1.29, 1.82) is 0 Å². The van der Waals surface area contributed by atoms with Crippen LogP contribution in [0.1, 0.15) is 16.2 Å². The molecule has 3 aromatic rings. The molecule has 1 N–H and O–H groups in total. The van der Waals surface area contributed by atoms with Crippen molar-refractivity contribution in [3.05, 3.63) is 72.3 Å². The number of hydrogen-bond acceptors (Lipinski definition) is 4. The summed E-state index contributed by atoms with van der Waals surface area (Å²) >= 11 is 0. The van der Waals surface area contributed by atoms with Gasteiger partial charge in [-0.15, -0.1) is 10.2 Å². The summed E-state index contributed by atoms with van der Waals surface area (Å²) in [5.74, 6) is 0.413. The van der Waals surface area contributed by atoms with E-state index in [9.17, 15) is 4.79 Å². The van der Waals surface area contributed by atoms with Gasteiger partial charge in [-0.2, -0.15) is 0 Å². The quantitative estimate of drug-likeness (QED) is 0.797. The number of nitrogens with one attached hydrogen (secondary N) is 1. The number of nitrogens with zero attached hydrogens (tertiary/aromatic N) is 2. The van der Waals surface area contributed by atoms with Crippen LogP contribution < -0.4 is 5.32 Å². The van der Waals surface area contributed by atoms with Crippen LogP contribution in [-0.2, 0) is 6.54 Å². The molecule has 1 amide bonds. The van der Waals surface area contributed by atoms with Crippen LogP contribution in [0.15, 0.2) is 65.3 Å². The fraction of sp³-hybridized carbons (Fsp3) is 0.0625. The molecule has 0 atom stereocenters. The molecule has 0 aliphatic heterocycles. The molecule has 0 aliphatic carbocycles. The predicted molar refractivity (Wildman–Crippen MR) is 77.3 cm³/mol. The zero-order valence-electron chi connectivity index (χ0n) is 11.2. The number of carbonyl (C=O) groups is 1. The zero-order chi connectivity index (χ0) is 14.5. The van der Waals surface area contributed by atoms with Crippen LogP contribution in [0.5, 0.6) is 0 Å². The maximum Gasteiger partial charge on any atom is 0.272 e. The molecule has 3 rings (SSSR count). The molecule has 0 bridgehead atoms. The van der Waals surface area contributed by atoms with E-state index in [4.69, 9.17) is 4.42 Å². The molecule has 5 nitrogen and oxygen atoms in total. The Hall–Kier alpha value is -2.95. The number of amides is 1. The van der Waals surface area contributed by atoms with Crippen LogP contribution in [0.4, 0.5) is 0 Å². The molecule has 1 aromatic carbocycles. The van der Waals surface area contributed by atoms with Gasteiger partial charge in [-0.1, -0.05) is 30.3 Å². The minimum absolute atomic E-state index is 0.279. The van der Waals surface area contributed by atoms with E-state index in [1.165, 1.54) is 0 Å². The Morgan fingerprint density at radius 3 is 2.52 bits per heavy atom. The maximum atomic E-state index is 11.9. The molecule has 104 valence electrons. The van der Waals surface area contributed by atoms with Gasteiger partial charge in [0, 0.05) is 5.56 Å². The van der Waals surface area contributed by atoms with Crippen LogP contribution in [-0.4, -0.2) is 16.1 Å². The third kappa shape index (κ3) is 3.14. The van der Waals surface area contributed by atoms with Gasteiger partial charge in [0.05, 0.1) is 18.5 Å². The number of furan rings is 1. The van der Waals surface area contributed by atoms with Crippen molar-refractivity contribution in [2.24, 2.45) is 0 Å². The Balaban J connectivity index is 1.67. The highest BCUT2D eigenvalue weighted by atomic mass is 16.3. The Kier molecular flexibility index (Phi) is 3.73. The Labute approximate surface area is 121 Å². The highest BCUT2D eigenvalue weighted by molar-refractivity contribution is 5.92. The molecule has 0 saturated heterocycles. The zero-order valence-corrected chi connectivity index (χ0v) is 11.2. The monoisotopic (exact) mass is 279 g/mol. The normalized spacial score (nSPS) is 10.3. The first kappa shape index (κ1) is 13.1. The van der Waals surface area contributed by atoms with Gasteiger partial charge in [0.2, 0.25) is 0 Å². The van der Waals surface area contributed by atoms with E-state index in [2.05, 4.69) is 15.5 Å². The molecule has 0 fully saturated rings. The van der Waals surface area contributed by atoms with Crippen LogP contribution in [0.2, 0.25) is 0 Å². The van der Waals surface area contributed by atoms with Gasteiger partial charge in [0.15, 0.2) is 5.69 Å². The van der Waals surface area contributed by atoms with Gasteiger partial charge < -0.3 is 9.73 Å². The average Bonchev–Trinajstić information content (AvgIpc) is 3.07. The molecular weight excluding hydrogens is 266 g/mol. The fourth-order valence-corrected chi connectivity index (χ4v) is 1.89. The molecule has 21 heavy (non-hydrogen) atoms. The topological polar surface area (TPSA) is 68.0 Å². The summed E-state index contributed by atoms with van der Waals surface area (Å²) < 4.78 is 5.15. The number of carbonyl (C=O) groups excluding carboxylic acids is 1. The lowest BCUT2D eigenvalue weighted by Gasteiger charge is -2.03. The smallest absolute Gasteiger partial charge is 0.272 e. The number of hydrogen-bond donors (Lipinski definition) is 1. The maximum absolute atomic E-state index is 11.9. The standard InChI is InChI=1S/C16H13N3O2/c20-16(17-11-13-7-4-10-21-13)15-9-8-14(18-19-15)12-5-2-1-3-6-12/h1-10H,11H2,(H,17,20). The number of rotatable bonds is 4. The number of benzene rings is 1. The van der Waals surface area contributed by atoms with Crippen molar-refractivity contribution in [2.75, 3.05) is 0 Å². The van der Waals surface area contributed by atoms with Gasteiger partial charge in [0.25, 0.3) is 5.91 Å². The lowest BCUT2D eigenvalue weighted by molar-refractivity contribution is 0.0942. The second kappa shape index (κ2) is 6.00. The van der Waals surface area contributed by atoms with Gasteiger partial charge >= 0.3 is 0 Å². The van der Waals surface area contributed by atoms with E-state index in [0.29, 0.717) is 12.3 Å². The highest BCUT2D eigenvalue weighted by Crippen LogP contribution is 2.14. The molecule has 5 heteroatoms. The van der Waals surface area contributed by atoms with Crippen molar-refractivity contribution >= 4 is 5.91 Å². The van der Waals surface area contributed by atoms with Crippen LogP contribution >= 0.6 is 0 Å². The summed E-state index contributed by atoms with van der Waals surface area (Å²) in [6.45, 7) is 0.327. The minimum Gasteiger partial charge on any atom is -0.467 e. The summed E-state index contributed by atoms with van der Waals surface area (Å²) in [5.41, 5.74) is 1.98. The first-order valence-corrected chi connectivity index (χ1v) is 6.52. The van der Waals surface area contributed by atoms with Crippen LogP contribution in [0.3, 0.4) is 0 Å². The van der Waals surface area contributed by atoms with Crippen molar-refractivity contribution < 1.29 is 9.21 Å². The highest BCUT2D eigenvalue weighted by Gasteiger charge is 2.09. The largest absolute Gasteiger partial charge is 0.467 e. The third-order valence-corrected chi connectivity index (χ3v) is 2.97. The van der Waals surface area contributed by atoms with E-state index in [-0.39, 0.29) is 11.6 Å². The predicted octanol–water partition coefficient (Wildman–Crippen LogP) is 2.67. The van der Waals surface area contributed by atoms with Crippen LogP contribution in [0, 0.1) is 0 Å². The molecule has 0 spiro atoms. The van der Waals surface area contributed by atoms with E-state index in [1.54, 1.807) is 30.5 Å². The molecule has 0 radical (unpaired) electrons. The second-order valence-electron chi connectivity index (χ2n) is 4.43. The lowest BCUT2D eigenvalue weighted by atomic mass is 10.1. The lowest BCUT2D eigenvalue weighted by Crippen LogP contribution is -2.23. The van der Waals surface area contributed by atoms with E-state index >= 15 is 0 Å². The Bertz CT molecular complexity index is 707. The van der Waals surface area contributed by atoms with E-state index < -0.39 is 0 Å². The average molecular weight is 279 g/mol. The third-order valence-electron chi connectivity index (χ3n) is 2.97. The van der Waals surface area contributed by atoms with Crippen molar-refractivity contribution in [3.63, 3.8) is 0 Å². The fourth-order valence-electron chi connectivity index (χ4n) is 1.89. The van der Waals surface area contributed by atoms with Crippen molar-refractivity contribution in [2.45, 2.75) is 6.54 Å². The SMILES string of the molecule is O=C(NCc1ccco1)c1ccc(-c2ccccc2)nn1. The summed E-state index contributed by atoms with van der Waals surface area (Å²) in [4.78, 5) is 11.9. The van der Waals surface area contributed by atoms with Gasteiger partial charge in [-0.25, -0.2) is 0 Å². The van der Waals surface area contributed by atoms with Gasteiger partial charge in [-0.3, -0.25) is 4.79 Å². The molecule has 0 saturated carbocycles. The second-order valence-corrected chi connectivity index (χ2v) is 4.43. The summed E-state index contributed by atoms with van der Waals surface area (Å²) in [6, 6.07) is 16.7. The first-order valence-electron chi connectivity index (χ1n) is 6.52. The van der Waals surface area contributed by atoms with Gasteiger partial charge in [0.1, 0.15) is 5.76 Å². The van der Waals surface area contributed by atoms with Gasteiger partial charge in [-0.05, 0) is 24.3 Å². The summed E-state index contributed by atoms with van der Waals surface area (Å²) in [6.07, 6.45) is 1.57. The van der Waals surface area contributed by atoms with E-state index in [0.717, 1.165) is 11.3 Å². The Morgan fingerprint density at radius 2 is 1.86 bits per heavy atom.